The van der Waals surface area contributed by atoms with Gasteiger partial charge in [0.1, 0.15) is 5.60 Å². The van der Waals surface area contributed by atoms with Crippen LogP contribution >= 0.6 is 15.9 Å². The lowest BCUT2D eigenvalue weighted by molar-refractivity contribution is -0.129. The van der Waals surface area contributed by atoms with Gasteiger partial charge in [-0.15, -0.1) is 0 Å². The molecule has 2 atom stereocenters. The van der Waals surface area contributed by atoms with Crippen molar-refractivity contribution in [3.63, 3.8) is 0 Å². The highest BCUT2D eigenvalue weighted by molar-refractivity contribution is 9.10. The summed E-state index contributed by atoms with van der Waals surface area (Å²) >= 11 is 3.77. The number of likely N-dealkylation sites (tertiary alicyclic amines) is 2. The molecule has 0 aromatic carbocycles. The Labute approximate surface area is 186 Å². The van der Waals surface area contributed by atoms with Crippen molar-refractivity contribution in [2.24, 2.45) is 0 Å². The maximum atomic E-state index is 12.3. The summed E-state index contributed by atoms with van der Waals surface area (Å²) in [6, 6.07) is 0.899. The molecule has 3 fully saturated rings. The number of rotatable bonds is 2. The molecule has 2 bridgehead atoms. The van der Waals surface area contributed by atoms with Crippen molar-refractivity contribution >= 4 is 33.7 Å². The van der Waals surface area contributed by atoms with Gasteiger partial charge in [-0.1, -0.05) is 0 Å². The Hall–Kier alpha value is -1.77. The quantitative estimate of drug-likeness (QED) is 0.647. The van der Waals surface area contributed by atoms with Crippen LogP contribution in [0.5, 0.6) is 0 Å². The monoisotopic (exact) mass is 481 g/mol. The zero-order chi connectivity index (χ0) is 21.8. The summed E-state index contributed by atoms with van der Waals surface area (Å²) in [4.78, 5) is 30.3. The summed E-state index contributed by atoms with van der Waals surface area (Å²) in [5, 5.41) is 4.99. The van der Waals surface area contributed by atoms with Gasteiger partial charge in [-0.3, -0.25) is 9.48 Å². The average molecular weight is 482 g/mol. The van der Waals surface area contributed by atoms with Crippen LogP contribution in [0, 0.1) is 6.92 Å². The van der Waals surface area contributed by atoms with Gasteiger partial charge >= 0.3 is 6.09 Å². The number of piperazine rings is 1. The van der Waals surface area contributed by atoms with Crippen molar-refractivity contribution < 1.29 is 14.3 Å². The zero-order valence-electron chi connectivity index (χ0n) is 18.5. The predicted octanol–water partition coefficient (Wildman–Crippen LogP) is 3.34. The van der Waals surface area contributed by atoms with Gasteiger partial charge in [0.15, 0.2) is 5.82 Å². The van der Waals surface area contributed by atoms with Crippen LogP contribution in [0.4, 0.5) is 10.6 Å². The lowest BCUT2D eigenvalue weighted by Crippen LogP contribution is -2.48. The number of hydrogen-bond donors (Lipinski definition) is 0. The minimum Gasteiger partial charge on any atom is -0.444 e. The lowest BCUT2D eigenvalue weighted by atomic mass is 10.1. The highest BCUT2D eigenvalue weighted by Gasteiger charge is 2.46. The molecule has 30 heavy (non-hydrogen) atoms. The number of anilines is 1. The molecule has 8 nitrogen and oxygen atoms in total. The first-order valence-electron chi connectivity index (χ1n) is 10.8. The molecule has 0 aliphatic carbocycles. The molecule has 3 saturated heterocycles. The van der Waals surface area contributed by atoms with Gasteiger partial charge in [0.2, 0.25) is 5.91 Å². The maximum Gasteiger partial charge on any atom is 0.410 e. The Morgan fingerprint density at radius 3 is 2.30 bits per heavy atom. The molecule has 1 aromatic rings. The van der Waals surface area contributed by atoms with Gasteiger partial charge in [0.25, 0.3) is 0 Å². The van der Waals surface area contributed by atoms with Crippen LogP contribution in [0.15, 0.2) is 4.47 Å². The van der Waals surface area contributed by atoms with Crippen LogP contribution in [-0.4, -0.2) is 75.4 Å². The fourth-order valence-corrected chi connectivity index (χ4v) is 5.44. The van der Waals surface area contributed by atoms with E-state index in [-0.39, 0.29) is 18.0 Å². The van der Waals surface area contributed by atoms with Crippen LogP contribution < -0.4 is 4.90 Å². The molecule has 3 aliphatic heterocycles. The van der Waals surface area contributed by atoms with E-state index in [1.807, 2.05) is 25.7 Å². The third-order valence-corrected chi connectivity index (χ3v) is 7.37. The van der Waals surface area contributed by atoms with E-state index in [9.17, 15) is 9.59 Å². The first-order valence-corrected chi connectivity index (χ1v) is 11.6. The van der Waals surface area contributed by atoms with Crippen molar-refractivity contribution in [3.8, 4) is 0 Å². The number of aromatic nitrogens is 2. The topological polar surface area (TPSA) is 70.9 Å². The van der Waals surface area contributed by atoms with Crippen molar-refractivity contribution in [2.45, 2.75) is 77.6 Å². The molecule has 9 heteroatoms. The second-order valence-electron chi connectivity index (χ2n) is 9.73. The van der Waals surface area contributed by atoms with Crippen molar-refractivity contribution in [1.82, 2.24) is 19.6 Å². The largest absolute Gasteiger partial charge is 0.444 e. The minimum absolute atomic E-state index is 0.166. The van der Waals surface area contributed by atoms with Gasteiger partial charge in [-0.25, -0.2) is 4.79 Å². The molecule has 2 amide bonds. The van der Waals surface area contributed by atoms with Crippen LogP contribution in [0.3, 0.4) is 0 Å². The number of fused-ring (bicyclic) bond motifs is 2. The van der Waals surface area contributed by atoms with E-state index in [1.165, 1.54) is 0 Å². The Balaban J connectivity index is 1.43. The lowest BCUT2D eigenvalue weighted by Gasteiger charge is -2.34. The van der Waals surface area contributed by atoms with E-state index in [0.717, 1.165) is 48.3 Å². The Morgan fingerprint density at radius 1 is 1.10 bits per heavy atom. The van der Waals surface area contributed by atoms with Crippen molar-refractivity contribution in [2.75, 3.05) is 31.1 Å². The van der Waals surface area contributed by atoms with Crippen LogP contribution in [0.25, 0.3) is 0 Å². The summed E-state index contributed by atoms with van der Waals surface area (Å²) in [5.74, 6) is 1.15. The standard InChI is InChI=1S/C21H32BrN5O3/c1-13-18(22)19(26-12-16-10-17(26)11-25(16)14(2)28)23-27(13)15-6-8-24(9-7-15)20(29)30-21(3,4)5/h15-17H,6-12H2,1-5H3/t16-,17-/m0/s1. The minimum atomic E-state index is -0.473. The van der Waals surface area contributed by atoms with Crippen LogP contribution in [0.1, 0.15) is 58.7 Å². The predicted molar refractivity (Wildman–Crippen MR) is 118 cm³/mol. The van der Waals surface area contributed by atoms with Crippen molar-refractivity contribution in [3.05, 3.63) is 10.2 Å². The van der Waals surface area contributed by atoms with Gasteiger partial charge in [0.05, 0.1) is 28.3 Å². The summed E-state index contributed by atoms with van der Waals surface area (Å²) in [6.07, 6.45) is 2.50. The molecular formula is C21H32BrN5O3. The highest BCUT2D eigenvalue weighted by Crippen LogP contribution is 2.40. The molecule has 0 saturated carbocycles. The van der Waals surface area contributed by atoms with Crippen LogP contribution in [0.2, 0.25) is 0 Å². The van der Waals surface area contributed by atoms with E-state index in [2.05, 4.69) is 32.4 Å². The number of amides is 2. The molecule has 0 unspecified atom stereocenters. The number of halogens is 1. The van der Waals surface area contributed by atoms with E-state index < -0.39 is 5.60 Å². The summed E-state index contributed by atoms with van der Waals surface area (Å²) in [7, 11) is 0. The first-order chi connectivity index (χ1) is 14.0. The SMILES string of the molecule is CC(=O)N1C[C@@H]2C[C@H]1CN2c1nn(C2CCN(C(=O)OC(C)(C)C)CC2)c(C)c1Br. The molecule has 166 valence electrons. The smallest absolute Gasteiger partial charge is 0.410 e. The molecule has 0 spiro atoms. The molecule has 1 aromatic heterocycles. The van der Waals surface area contributed by atoms with Gasteiger partial charge in [0, 0.05) is 33.1 Å². The van der Waals surface area contributed by atoms with Gasteiger partial charge < -0.3 is 19.4 Å². The van der Waals surface area contributed by atoms with Gasteiger partial charge in [-0.05, 0) is 62.9 Å². The van der Waals surface area contributed by atoms with E-state index in [4.69, 9.17) is 9.84 Å². The number of hydrogen-bond acceptors (Lipinski definition) is 5. The average Bonchev–Trinajstić information content (AvgIpc) is 3.34. The molecular weight excluding hydrogens is 450 g/mol. The number of nitrogens with zero attached hydrogens (tertiary/aromatic N) is 5. The molecule has 3 aliphatic rings. The number of carbonyl (C=O) groups is 2. The third kappa shape index (κ3) is 3.92. The van der Waals surface area contributed by atoms with E-state index >= 15 is 0 Å². The summed E-state index contributed by atoms with van der Waals surface area (Å²) in [6.45, 7) is 12.4. The molecule has 4 rings (SSSR count). The fourth-order valence-electron chi connectivity index (χ4n) is 4.95. The zero-order valence-corrected chi connectivity index (χ0v) is 20.1. The van der Waals surface area contributed by atoms with E-state index in [1.54, 1.807) is 11.8 Å². The normalized spacial score (nSPS) is 24.7. The second kappa shape index (κ2) is 7.73. The van der Waals surface area contributed by atoms with E-state index in [0.29, 0.717) is 25.2 Å². The number of piperidine rings is 1. The maximum absolute atomic E-state index is 12.3. The molecule has 4 heterocycles. The molecule has 0 N–H and O–H groups in total. The molecule has 0 radical (unpaired) electrons. The highest BCUT2D eigenvalue weighted by atomic mass is 79.9. The van der Waals surface area contributed by atoms with Crippen LogP contribution in [-0.2, 0) is 9.53 Å². The Bertz CT molecular complexity index is 840. The first kappa shape index (κ1) is 21.5. The fraction of sp³-hybridized carbons (Fsp3) is 0.762. The van der Waals surface area contributed by atoms with Gasteiger partial charge in [-0.2, -0.15) is 5.10 Å². The summed E-state index contributed by atoms with van der Waals surface area (Å²) in [5.41, 5.74) is 0.645. The number of ether oxygens (including phenoxy) is 1. The Morgan fingerprint density at radius 2 is 1.77 bits per heavy atom. The number of carbonyl (C=O) groups excluding carboxylic acids is 2. The Kier molecular flexibility index (Phi) is 5.53. The third-order valence-electron chi connectivity index (χ3n) is 6.44. The summed E-state index contributed by atoms with van der Waals surface area (Å²) < 4.78 is 8.68. The second-order valence-corrected chi connectivity index (χ2v) is 10.5. The van der Waals surface area contributed by atoms with Crippen molar-refractivity contribution in [1.29, 1.82) is 0 Å².